The van der Waals surface area contributed by atoms with Crippen molar-refractivity contribution < 1.29 is 19.4 Å². The molecule has 0 saturated carbocycles. The molecule has 8 rings (SSSR count). The van der Waals surface area contributed by atoms with Crippen molar-refractivity contribution in [1.29, 1.82) is 0 Å². The third-order valence-corrected chi connectivity index (χ3v) is 10.1. The van der Waals surface area contributed by atoms with Gasteiger partial charge in [-0.25, -0.2) is 0 Å². The number of hydrogen-bond acceptors (Lipinski definition) is 6. The van der Waals surface area contributed by atoms with Crippen molar-refractivity contribution in [3.05, 3.63) is 112 Å². The van der Waals surface area contributed by atoms with Crippen LogP contribution in [0.1, 0.15) is 40.5 Å². The van der Waals surface area contributed by atoms with Crippen molar-refractivity contribution >= 4 is 17.6 Å². The van der Waals surface area contributed by atoms with E-state index in [1.165, 1.54) is 0 Å². The summed E-state index contributed by atoms with van der Waals surface area (Å²) in [5.41, 5.74) is 5.34. The number of esters is 1. The first-order chi connectivity index (χ1) is 19.9. The molecule has 3 aromatic carbocycles. The number of aromatic nitrogens is 1. The Morgan fingerprint density at radius 1 is 1.10 bits per heavy atom. The molecule has 0 unspecified atom stereocenters. The number of likely N-dealkylation sites (tertiary alicyclic amines) is 1. The van der Waals surface area contributed by atoms with Gasteiger partial charge in [0.05, 0.1) is 23.6 Å². The minimum atomic E-state index is -0.893. The number of carbonyl (C=O) groups is 1. The first-order valence-corrected chi connectivity index (χ1v) is 14.5. The summed E-state index contributed by atoms with van der Waals surface area (Å²) in [6, 6.07) is 23.3. The van der Waals surface area contributed by atoms with Gasteiger partial charge in [-0.15, -0.1) is 0 Å². The van der Waals surface area contributed by atoms with Crippen molar-refractivity contribution in [2.45, 2.75) is 48.8 Å². The molecular weight excluding hydrogens is 536 g/mol. The van der Waals surface area contributed by atoms with E-state index in [4.69, 9.17) is 26.1 Å². The van der Waals surface area contributed by atoms with Crippen LogP contribution >= 0.6 is 11.6 Å². The average molecular weight is 565 g/mol. The van der Waals surface area contributed by atoms with Crippen LogP contribution in [0.5, 0.6) is 11.5 Å². The molecule has 1 spiro atoms. The van der Waals surface area contributed by atoms with Crippen molar-refractivity contribution in [2.24, 2.45) is 0 Å². The maximum atomic E-state index is 13.8. The Hall–Kier alpha value is -3.87. The van der Waals surface area contributed by atoms with Crippen molar-refractivity contribution in [3.63, 3.8) is 0 Å². The molecule has 6 nitrogen and oxygen atoms in total. The third kappa shape index (κ3) is 3.41. The van der Waals surface area contributed by atoms with Gasteiger partial charge in [0.2, 0.25) is 0 Å². The number of phenolic OH excluding ortho intramolecular Hbond substituents is 1. The summed E-state index contributed by atoms with van der Waals surface area (Å²) in [7, 11) is 2.12. The standard InChI is InChI=1S/C34H29ClN2O4/c1-37-14-13-33-29-22-9-12-26(38)31(29)40-32(33)30-23(16-24(19-36-30)21-7-10-25(35)11-8-21)18-34(33,27(37)17-22)41-28(39)15-20-5-3-2-4-6-20/h2-12,16,19,27,32,38H,13-15,17-18H2,1H3/t27-,32+,33+,34-/m1/s1. The van der Waals surface area contributed by atoms with E-state index in [-0.39, 0.29) is 24.2 Å². The van der Waals surface area contributed by atoms with Gasteiger partial charge in [-0.3, -0.25) is 14.7 Å². The van der Waals surface area contributed by atoms with Crippen LogP contribution in [0.2, 0.25) is 5.02 Å². The number of likely N-dealkylation sites (N-methyl/N-ethyl adjacent to an activating group) is 1. The number of aromatic hydroxyl groups is 1. The molecule has 4 aliphatic rings. The molecule has 4 aromatic rings. The molecule has 206 valence electrons. The molecule has 1 aromatic heterocycles. The number of halogens is 1. The molecule has 1 saturated heterocycles. The first-order valence-electron chi connectivity index (χ1n) is 14.1. The van der Waals surface area contributed by atoms with Gasteiger partial charge in [-0.1, -0.05) is 60.1 Å². The van der Waals surface area contributed by atoms with Crippen LogP contribution in [0.15, 0.2) is 79.0 Å². The topological polar surface area (TPSA) is 71.9 Å². The highest BCUT2D eigenvalue weighted by atomic mass is 35.5. The van der Waals surface area contributed by atoms with Gasteiger partial charge in [0.15, 0.2) is 17.6 Å². The maximum absolute atomic E-state index is 13.8. The lowest BCUT2D eigenvalue weighted by molar-refractivity contribution is -0.207. The third-order valence-electron chi connectivity index (χ3n) is 9.82. The molecular formula is C34H29ClN2O4. The lowest BCUT2D eigenvalue weighted by atomic mass is 9.48. The predicted molar refractivity (Wildman–Crippen MR) is 155 cm³/mol. The average Bonchev–Trinajstić information content (AvgIpc) is 3.33. The smallest absolute Gasteiger partial charge is 0.310 e. The minimum Gasteiger partial charge on any atom is -0.504 e. The fraction of sp³-hybridized carbons (Fsp3) is 0.294. The van der Waals surface area contributed by atoms with Crippen LogP contribution in [0.3, 0.4) is 0 Å². The minimum absolute atomic E-state index is 0.0580. The summed E-state index contributed by atoms with van der Waals surface area (Å²) < 4.78 is 13.6. The van der Waals surface area contributed by atoms with Crippen molar-refractivity contribution in [2.75, 3.05) is 13.6 Å². The van der Waals surface area contributed by atoms with E-state index in [1.807, 2.05) is 66.9 Å². The molecule has 1 N–H and O–H groups in total. The fourth-order valence-corrected chi connectivity index (χ4v) is 8.20. The molecule has 2 aliphatic carbocycles. The summed E-state index contributed by atoms with van der Waals surface area (Å²) in [5.74, 6) is 0.376. The van der Waals surface area contributed by atoms with Crippen molar-refractivity contribution in [1.82, 2.24) is 9.88 Å². The van der Waals surface area contributed by atoms with Crippen LogP contribution < -0.4 is 4.74 Å². The molecule has 41 heavy (non-hydrogen) atoms. The maximum Gasteiger partial charge on any atom is 0.310 e. The predicted octanol–water partition coefficient (Wildman–Crippen LogP) is 5.82. The van der Waals surface area contributed by atoms with Gasteiger partial charge in [0.1, 0.15) is 5.60 Å². The van der Waals surface area contributed by atoms with E-state index >= 15 is 0 Å². The Morgan fingerprint density at radius 3 is 2.71 bits per heavy atom. The lowest BCUT2D eigenvalue weighted by Gasteiger charge is -2.63. The number of carbonyl (C=O) groups excluding carboxylic acids is 1. The van der Waals surface area contributed by atoms with Gasteiger partial charge < -0.3 is 14.6 Å². The van der Waals surface area contributed by atoms with Gasteiger partial charge in [-0.2, -0.15) is 0 Å². The molecule has 0 amide bonds. The van der Waals surface area contributed by atoms with Gasteiger partial charge in [0.25, 0.3) is 0 Å². The second kappa shape index (κ2) is 8.81. The first kappa shape index (κ1) is 24.9. The van der Waals surface area contributed by atoms with Crippen LogP contribution in [-0.4, -0.2) is 46.2 Å². The normalized spacial score (nSPS) is 27.0. The van der Waals surface area contributed by atoms with E-state index in [9.17, 15) is 9.90 Å². The van der Waals surface area contributed by atoms with E-state index in [0.717, 1.165) is 52.0 Å². The zero-order valence-electron chi connectivity index (χ0n) is 22.6. The molecule has 2 aliphatic heterocycles. The number of rotatable bonds is 4. The Morgan fingerprint density at radius 2 is 1.90 bits per heavy atom. The van der Waals surface area contributed by atoms with Crippen LogP contribution in [0, 0.1) is 0 Å². The van der Waals surface area contributed by atoms with Gasteiger partial charge >= 0.3 is 5.97 Å². The van der Waals surface area contributed by atoms with Crippen LogP contribution in [-0.2, 0) is 34.2 Å². The van der Waals surface area contributed by atoms with Crippen molar-refractivity contribution in [3.8, 4) is 22.6 Å². The van der Waals surface area contributed by atoms with Crippen LogP contribution in [0.4, 0.5) is 0 Å². The zero-order chi connectivity index (χ0) is 27.9. The highest BCUT2D eigenvalue weighted by molar-refractivity contribution is 6.30. The van der Waals surface area contributed by atoms with E-state index in [0.29, 0.717) is 23.6 Å². The summed E-state index contributed by atoms with van der Waals surface area (Å²) in [4.78, 5) is 21.2. The molecule has 7 heteroatoms. The number of benzene rings is 3. The molecule has 0 radical (unpaired) electrons. The SMILES string of the molecule is CN1CC[C@]23c4c5ccc(O)c4O[C@H]2c2ncc(-c4ccc(Cl)cc4)cc2C[C@@]3(OC(=O)Cc2ccccc2)[C@H]1C5. The summed E-state index contributed by atoms with van der Waals surface area (Å²) in [6.45, 7) is 0.829. The second-order valence-electron chi connectivity index (χ2n) is 11.8. The Kier molecular flexibility index (Phi) is 5.35. The molecule has 2 bridgehead atoms. The number of fused-ring (bicyclic) bond motifs is 2. The Labute approximate surface area is 243 Å². The fourth-order valence-electron chi connectivity index (χ4n) is 8.08. The highest BCUT2D eigenvalue weighted by Gasteiger charge is 2.74. The summed E-state index contributed by atoms with van der Waals surface area (Å²) in [6.07, 6.45) is 3.54. The number of pyridine rings is 1. The van der Waals surface area contributed by atoms with Crippen LogP contribution in [0.25, 0.3) is 11.1 Å². The molecule has 4 atom stereocenters. The summed E-state index contributed by atoms with van der Waals surface area (Å²) >= 11 is 6.16. The number of hydrogen-bond donors (Lipinski definition) is 1. The van der Waals surface area contributed by atoms with Gasteiger partial charge in [0, 0.05) is 28.8 Å². The van der Waals surface area contributed by atoms with Gasteiger partial charge in [-0.05, 0) is 73.0 Å². The second-order valence-corrected chi connectivity index (χ2v) is 12.3. The molecule has 1 fully saturated rings. The number of nitrogens with zero attached hydrogens (tertiary/aromatic N) is 2. The zero-order valence-corrected chi connectivity index (χ0v) is 23.4. The van der Waals surface area contributed by atoms with E-state index in [1.54, 1.807) is 6.07 Å². The number of ether oxygens (including phenoxy) is 2. The van der Waals surface area contributed by atoms with E-state index < -0.39 is 17.1 Å². The highest BCUT2D eigenvalue weighted by Crippen LogP contribution is 2.69. The Bertz CT molecular complexity index is 1710. The molecule has 3 heterocycles. The lowest BCUT2D eigenvalue weighted by Crippen LogP contribution is -2.75. The summed E-state index contributed by atoms with van der Waals surface area (Å²) in [5, 5.41) is 11.7. The number of phenols is 1. The quantitative estimate of drug-likeness (QED) is 0.315. The largest absolute Gasteiger partial charge is 0.504 e. The Balaban J connectivity index is 1.33. The number of piperidine rings is 1. The van der Waals surface area contributed by atoms with E-state index in [2.05, 4.69) is 18.0 Å². The monoisotopic (exact) mass is 564 g/mol.